The lowest BCUT2D eigenvalue weighted by Crippen LogP contribution is -2.04. The lowest BCUT2D eigenvalue weighted by atomic mass is 9.83. The average molecular weight is 264 g/mol. The molecule has 0 aromatic heterocycles. The van der Waals surface area contributed by atoms with Crippen molar-refractivity contribution in [1.82, 2.24) is 0 Å². The Morgan fingerprint density at radius 3 is 2.25 bits per heavy atom. The first kappa shape index (κ1) is 13.4. The first-order valence-corrected chi connectivity index (χ1v) is 8.06. The van der Waals surface area contributed by atoms with Gasteiger partial charge in [-0.2, -0.15) is 0 Å². The van der Waals surface area contributed by atoms with Gasteiger partial charge in [0.25, 0.3) is 0 Å². The Balaban J connectivity index is 1.85. The molecule has 0 atom stereocenters. The summed E-state index contributed by atoms with van der Waals surface area (Å²) in [5.74, 6) is 0.805. The molecule has 0 saturated heterocycles. The predicted octanol–water partition coefficient (Wildman–Crippen LogP) is 5.96. The van der Waals surface area contributed by atoms with Gasteiger partial charge >= 0.3 is 0 Å². The Hall–Kier alpha value is -1.56. The summed E-state index contributed by atoms with van der Waals surface area (Å²) >= 11 is 0. The molecule has 0 amide bonds. The number of benzene rings is 2. The minimum atomic E-state index is 0.805. The highest BCUT2D eigenvalue weighted by Crippen LogP contribution is 2.34. The lowest BCUT2D eigenvalue weighted by Gasteiger charge is -2.22. The van der Waals surface area contributed by atoms with Crippen LogP contribution in [0.5, 0.6) is 0 Å². The van der Waals surface area contributed by atoms with Crippen molar-refractivity contribution in [3.63, 3.8) is 0 Å². The van der Waals surface area contributed by atoms with Crippen LogP contribution in [-0.2, 0) is 6.42 Å². The van der Waals surface area contributed by atoms with Crippen molar-refractivity contribution < 1.29 is 0 Å². The Morgan fingerprint density at radius 2 is 1.55 bits per heavy atom. The lowest BCUT2D eigenvalue weighted by molar-refractivity contribution is 0.443. The highest BCUT2D eigenvalue weighted by atomic mass is 14.2. The topological polar surface area (TPSA) is 0 Å². The van der Waals surface area contributed by atoms with Crippen molar-refractivity contribution in [2.75, 3.05) is 0 Å². The van der Waals surface area contributed by atoms with Crippen LogP contribution in [0.25, 0.3) is 11.1 Å². The van der Waals surface area contributed by atoms with E-state index in [9.17, 15) is 0 Å². The third-order valence-corrected chi connectivity index (χ3v) is 4.70. The van der Waals surface area contributed by atoms with Gasteiger partial charge in [-0.25, -0.2) is 0 Å². The number of aryl methyl sites for hydroxylation is 1. The molecule has 0 bridgehead atoms. The predicted molar refractivity (Wildman–Crippen MR) is 87.1 cm³/mol. The van der Waals surface area contributed by atoms with Gasteiger partial charge in [-0.3, -0.25) is 0 Å². The normalized spacial score (nSPS) is 16.2. The quantitative estimate of drug-likeness (QED) is 0.641. The molecule has 0 heteroatoms. The molecule has 1 fully saturated rings. The van der Waals surface area contributed by atoms with Gasteiger partial charge in [-0.15, -0.1) is 0 Å². The molecule has 0 aliphatic heterocycles. The van der Waals surface area contributed by atoms with E-state index < -0.39 is 0 Å². The van der Waals surface area contributed by atoms with E-state index in [1.807, 2.05) is 0 Å². The van der Waals surface area contributed by atoms with E-state index in [-0.39, 0.29) is 0 Å². The third kappa shape index (κ3) is 2.80. The van der Waals surface area contributed by atoms with E-state index in [1.165, 1.54) is 48.8 Å². The SMILES string of the molecule is CCc1ccccc1-c1ccc(C2CCCCC2)cc1. The maximum absolute atomic E-state index is 2.36. The fraction of sp³-hybridized carbons (Fsp3) is 0.400. The van der Waals surface area contributed by atoms with Crippen LogP contribution >= 0.6 is 0 Å². The first-order chi connectivity index (χ1) is 9.88. The minimum absolute atomic E-state index is 0.805. The van der Waals surface area contributed by atoms with Crippen LogP contribution < -0.4 is 0 Å². The van der Waals surface area contributed by atoms with Crippen molar-refractivity contribution in [2.24, 2.45) is 0 Å². The Labute approximate surface area is 122 Å². The summed E-state index contributed by atoms with van der Waals surface area (Å²) in [7, 11) is 0. The first-order valence-electron chi connectivity index (χ1n) is 8.06. The zero-order valence-electron chi connectivity index (χ0n) is 12.4. The molecule has 0 unspecified atom stereocenters. The molecular weight excluding hydrogens is 240 g/mol. The molecule has 2 aromatic carbocycles. The Kier molecular flexibility index (Phi) is 4.20. The molecule has 20 heavy (non-hydrogen) atoms. The van der Waals surface area contributed by atoms with Gasteiger partial charge in [0.15, 0.2) is 0 Å². The molecule has 2 aromatic rings. The van der Waals surface area contributed by atoms with Crippen LogP contribution in [-0.4, -0.2) is 0 Å². The van der Waals surface area contributed by atoms with Crippen LogP contribution in [0.4, 0.5) is 0 Å². The summed E-state index contributed by atoms with van der Waals surface area (Å²) in [4.78, 5) is 0. The molecule has 1 saturated carbocycles. The molecule has 0 N–H and O–H groups in total. The molecule has 0 radical (unpaired) electrons. The summed E-state index contributed by atoms with van der Waals surface area (Å²) < 4.78 is 0. The number of hydrogen-bond donors (Lipinski definition) is 0. The summed E-state index contributed by atoms with van der Waals surface area (Å²) in [5.41, 5.74) is 5.74. The smallest absolute Gasteiger partial charge is 0.0152 e. The largest absolute Gasteiger partial charge is 0.0620 e. The van der Waals surface area contributed by atoms with Gasteiger partial charge in [-0.1, -0.05) is 74.7 Å². The molecule has 104 valence electrons. The van der Waals surface area contributed by atoms with Crippen molar-refractivity contribution in [3.8, 4) is 11.1 Å². The highest BCUT2D eigenvalue weighted by molar-refractivity contribution is 5.67. The molecule has 3 rings (SSSR count). The van der Waals surface area contributed by atoms with Crippen molar-refractivity contribution in [2.45, 2.75) is 51.4 Å². The second-order valence-corrected chi connectivity index (χ2v) is 5.97. The van der Waals surface area contributed by atoms with E-state index in [0.717, 1.165) is 12.3 Å². The summed E-state index contributed by atoms with van der Waals surface area (Å²) in [5, 5.41) is 0. The molecule has 0 nitrogen and oxygen atoms in total. The van der Waals surface area contributed by atoms with Gasteiger partial charge in [0.05, 0.1) is 0 Å². The fourth-order valence-corrected chi connectivity index (χ4v) is 3.48. The fourth-order valence-electron chi connectivity index (χ4n) is 3.48. The van der Waals surface area contributed by atoms with Gasteiger partial charge in [0, 0.05) is 0 Å². The standard InChI is InChI=1S/C20H24/c1-2-16-8-6-7-11-20(16)19-14-12-18(13-15-19)17-9-4-3-5-10-17/h6-8,11-15,17H,2-5,9-10H2,1H3. The van der Waals surface area contributed by atoms with Crippen LogP contribution in [0.2, 0.25) is 0 Å². The zero-order valence-corrected chi connectivity index (χ0v) is 12.4. The Morgan fingerprint density at radius 1 is 0.850 bits per heavy atom. The second kappa shape index (κ2) is 6.26. The number of hydrogen-bond acceptors (Lipinski definition) is 0. The van der Waals surface area contributed by atoms with E-state index in [2.05, 4.69) is 55.5 Å². The molecular formula is C20H24. The maximum atomic E-state index is 2.36. The van der Waals surface area contributed by atoms with Crippen LogP contribution in [0.3, 0.4) is 0 Å². The second-order valence-electron chi connectivity index (χ2n) is 5.97. The van der Waals surface area contributed by atoms with Crippen LogP contribution in [0.15, 0.2) is 48.5 Å². The van der Waals surface area contributed by atoms with Crippen molar-refractivity contribution in [3.05, 3.63) is 59.7 Å². The highest BCUT2D eigenvalue weighted by Gasteiger charge is 2.15. The van der Waals surface area contributed by atoms with Crippen LogP contribution in [0, 0.1) is 0 Å². The third-order valence-electron chi connectivity index (χ3n) is 4.70. The molecule has 1 aliphatic carbocycles. The van der Waals surface area contributed by atoms with Crippen LogP contribution in [0.1, 0.15) is 56.1 Å². The molecule has 0 heterocycles. The average Bonchev–Trinajstić information content (AvgIpc) is 2.56. The Bertz CT molecular complexity index is 545. The summed E-state index contributed by atoms with van der Waals surface area (Å²) in [6, 6.07) is 18.1. The van der Waals surface area contributed by atoms with E-state index >= 15 is 0 Å². The summed E-state index contributed by atoms with van der Waals surface area (Å²) in [6.07, 6.45) is 8.10. The summed E-state index contributed by atoms with van der Waals surface area (Å²) in [6.45, 7) is 2.23. The number of rotatable bonds is 3. The van der Waals surface area contributed by atoms with Crippen molar-refractivity contribution in [1.29, 1.82) is 0 Å². The van der Waals surface area contributed by atoms with E-state index in [0.29, 0.717) is 0 Å². The van der Waals surface area contributed by atoms with Gasteiger partial charge in [0.1, 0.15) is 0 Å². The minimum Gasteiger partial charge on any atom is -0.0620 e. The maximum Gasteiger partial charge on any atom is -0.0152 e. The van der Waals surface area contributed by atoms with E-state index in [4.69, 9.17) is 0 Å². The van der Waals surface area contributed by atoms with Gasteiger partial charge in [0.2, 0.25) is 0 Å². The monoisotopic (exact) mass is 264 g/mol. The molecule has 0 spiro atoms. The van der Waals surface area contributed by atoms with Gasteiger partial charge in [-0.05, 0) is 47.4 Å². The van der Waals surface area contributed by atoms with E-state index in [1.54, 1.807) is 5.56 Å². The van der Waals surface area contributed by atoms with Gasteiger partial charge < -0.3 is 0 Å². The van der Waals surface area contributed by atoms with Crippen molar-refractivity contribution >= 4 is 0 Å². The zero-order chi connectivity index (χ0) is 13.8. The molecule has 1 aliphatic rings.